The van der Waals surface area contributed by atoms with Crippen molar-refractivity contribution in [2.75, 3.05) is 13.7 Å². The van der Waals surface area contributed by atoms with Crippen LogP contribution in [0.2, 0.25) is 0 Å². The summed E-state index contributed by atoms with van der Waals surface area (Å²) in [7, 11) is 1.68. The second-order valence-electron chi connectivity index (χ2n) is 6.89. The first-order valence-electron chi connectivity index (χ1n) is 8.97. The summed E-state index contributed by atoms with van der Waals surface area (Å²) in [5, 5.41) is 2.99. The Balaban J connectivity index is 2.12. The van der Waals surface area contributed by atoms with Gasteiger partial charge < -0.3 is 14.8 Å². The summed E-state index contributed by atoms with van der Waals surface area (Å²) in [4.78, 5) is 25.2. The molecular weight excluding hydrogens is 318 g/mol. The first-order chi connectivity index (χ1) is 11.9. The summed E-state index contributed by atoms with van der Waals surface area (Å²) < 4.78 is 10.6. The van der Waals surface area contributed by atoms with Gasteiger partial charge in [-0.05, 0) is 57.6 Å². The van der Waals surface area contributed by atoms with Crippen molar-refractivity contribution in [3.05, 3.63) is 34.9 Å². The van der Waals surface area contributed by atoms with E-state index in [0.717, 1.165) is 29.5 Å². The van der Waals surface area contributed by atoms with Crippen LogP contribution in [0.5, 0.6) is 0 Å². The van der Waals surface area contributed by atoms with Gasteiger partial charge in [0.1, 0.15) is 5.54 Å². The molecule has 0 bridgehead atoms. The van der Waals surface area contributed by atoms with Gasteiger partial charge in [-0.3, -0.25) is 4.79 Å². The van der Waals surface area contributed by atoms with E-state index in [1.54, 1.807) is 14.0 Å². The second kappa shape index (κ2) is 8.48. The number of nitrogens with one attached hydrogen (secondary N) is 1. The van der Waals surface area contributed by atoms with Crippen molar-refractivity contribution < 1.29 is 19.1 Å². The predicted molar refractivity (Wildman–Crippen MR) is 96.4 cm³/mol. The Morgan fingerprint density at radius 3 is 2.52 bits per heavy atom. The molecule has 1 amide bonds. The minimum Gasteiger partial charge on any atom is -0.464 e. The van der Waals surface area contributed by atoms with Crippen LogP contribution >= 0.6 is 0 Å². The minimum absolute atomic E-state index is 0.137. The van der Waals surface area contributed by atoms with Crippen LogP contribution in [-0.2, 0) is 25.5 Å². The Morgan fingerprint density at radius 2 is 1.92 bits per heavy atom. The summed E-state index contributed by atoms with van der Waals surface area (Å²) in [6.45, 7) is 6.09. The number of esters is 1. The van der Waals surface area contributed by atoms with Crippen molar-refractivity contribution in [1.29, 1.82) is 0 Å². The summed E-state index contributed by atoms with van der Waals surface area (Å²) in [5.74, 6) is -0.475. The van der Waals surface area contributed by atoms with Crippen molar-refractivity contribution >= 4 is 11.9 Å². The highest BCUT2D eigenvalue weighted by Crippen LogP contribution is 2.31. The van der Waals surface area contributed by atoms with Crippen molar-refractivity contribution in [2.24, 2.45) is 0 Å². The molecular formula is C20H29NO4. The lowest BCUT2D eigenvalue weighted by Crippen LogP contribution is -2.58. The van der Waals surface area contributed by atoms with E-state index in [0.29, 0.717) is 19.4 Å². The summed E-state index contributed by atoms with van der Waals surface area (Å²) in [6.07, 6.45) is 2.96. The van der Waals surface area contributed by atoms with Gasteiger partial charge in [-0.15, -0.1) is 0 Å². The molecule has 0 spiro atoms. The molecule has 138 valence electrons. The van der Waals surface area contributed by atoms with Gasteiger partial charge >= 0.3 is 5.97 Å². The average molecular weight is 347 g/mol. The number of rotatable bonds is 6. The zero-order valence-electron chi connectivity index (χ0n) is 15.7. The van der Waals surface area contributed by atoms with E-state index in [1.165, 1.54) is 0 Å². The van der Waals surface area contributed by atoms with Crippen LogP contribution in [0.25, 0.3) is 0 Å². The molecule has 1 saturated carbocycles. The van der Waals surface area contributed by atoms with Crippen LogP contribution in [-0.4, -0.2) is 37.2 Å². The smallest absolute Gasteiger partial charge is 0.331 e. The van der Waals surface area contributed by atoms with Crippen LogP contribution in [0.3, 0.4) is 0 Å². The lowest BCUT2D eigenvalue weighted by atomic mass is 9.80. The number of aryl methyl sites for hydroxylation is 2. The van der Waals surface area contributed by atoms with Crippen LogP contribution in [0, 0.1) is 13.8 Å². The van der Waals surface area contributed by atoms with Crippen LogP contribution in [0.4, 0.5) is 0 Å². The molecule has 25 heavy (non-hydrogen) atoms. The number of ether oxygens (including phenoxy) is 2. The third kappa shape index (κ3) is 4.82. The number of hydrogen-bond acceptors (Lipinski definition) is 4. The lowest BCUT2D eigenvalue weighted by molar-refractivity contribution is -0.156. The van der Waals surface area contributed by atoms with E-state index in [9.17, 15) is 9.59 Å². The molecule has 0 aromatic heterocycles. The molecule has 5 heteroatoms. The van der Waals surface area contributed by atoms with Gasteiger partial charge in [-0.2, -0.15) is 0 Å². The zero-order valence-corrected chi connectivity index (χ0v) is 15.7. The van der Waals surface area contributed by atoms with Gasteiger partial charge in [0.2, 0.25) is 5.91 Å². The van der Waals surface area contributed by atoms with Crippen molar-refractivity contribution in [1.82, 2.24) is 5.32 Å². The number of hydrogen-bond donors (Lipinski definition) is 1. The maximum absolute atomic E-state index is 12.7. The highest BCUT2D eigenvalue weighted by atomic mass is 16.5. The molecule has 1 aliphatic carbocycles. The van der Waals surface area contributed by atoms with E-state index < -0.39 is 5.54 Å². The number of carbonyl (C=O) groups is 2. The maximum Gasteiger partial charge on any atom is 0.331 e. The number of methoxy groups -OCH3 is 1. The lowest BCUT2D eigenvalue weighted by Gasteiger charge is -2.38. The third-order valence-electron chi connectivity index (χ3n) is 5.02. The van der Waals surface area contributed by atoms with Gasteiger partial charge in [0.15, 0.2) is 0 Å². The molecule has 0 atom stereocenters. The largest absolute Gasteiger partial charge is 0.464 e. The summed E-state index contributed by atoms with van der Waals surface area (Å²) >= 11 is 0. The molecule has 1 aromatic carbocycles. The molecule has 1 N–H and O–H groups in total. The van der Waals surface area contributed by atoms with Gasteiger partial charge in [-0.25, -0.2) is 4.79 Å². The molecule has 1 aromatic rings. The standard InChI is InChI=1S/C20H29NO4/c1-5-25-19(23)20(10-8-17(24-4)9-11-20)21-18(22)13-16-12-14(2)6-7-15(16)3/h6-7,12,17H,5,8-11,13H2,1-4H3,(H,21,22)/t17-,20-. The van der Waals surface area contributed by atoms with Crippen LogP contribution < -0.4 is 5.32 Å². The molecule has 1 fully saturated rings. The van der Waals surface area contributed by atoms with E-state index in [1.807, 2.05) is 32.0 Å². The normalized spacial score (nSPS) is 23.1. The Morgan fingerprint density at radius 1 is 1.24 bits per heavy atom. The highest BCUT2D eigenvalue weighted by molar-refractivity contribution is 5.89. The van der Waals surface area contributed by atoms with Crippen LogP contribution in [0.15, 0.2) is 18.2 Å². The molecule has 5 nitrogen and oxygen atoms in total. The first kappa shape index (κ1) is 19.4. The summed E-state index contributed by atoms with van der Waals surface area (Å²) in [5.41, 5.74) is 2.25. The monoisotopic (exact) mass is 347 g/mol. The van der Waals surface area contributed by atoms with Crippen molar-refractivity contribution in [2.45, 2.75) is 64.5 Å². The average Bonchev–Trinajstić information content (AvgIpc) is 2.59. The fraction of sp³-hybridized carbons (Fsp3) is 0.600. The topological polar surface area (TPSA) is 64.6 Å². The van der Waals surface area contributed by atoms with Gasteiger partial charge in [0.25, 0.3) is 0 Å². The van der Waals surface area contributed by atoms with Gasteiger partial charge in [0, 0.05) is 7.11 Å². The number of benzene rings is 1. The molecule has 0 saturated heterocycles. The highest BCUT2D eigenvalue weighted by Gasteiger charge is 2.44. The quantitative estimate of drug-likeness (QED) is 0.804. The number of carbonyl (C=O) groups excluding carboxylic acids is 2. The molecule has 0 aliphatic heterocycles. The molecule has 0 radical (unpaired) electrons. The zero-order chi connectivity index (χ0) is 18.4. The minimum atomic E-state index is -0.931. The maximum atomic E-state index is 12.7. The SMILES string of the molecule is CCOC(=O)[C@]1(NC(=O)Cc2cc(C)ccc2C)CC[C@H](OC)CC1. The van der Waals surface area contributed by atoms with E-state index in [-0.39, 0.29) is 24.4 Å². The Hall–Kier alpha value is -1.88. The first-order valence-corrected chi connectivity index (χ1v) is 8.97. The predicted octanol–water partition coefficient (Wildman–Crippen LogP) is 2.85. The molecule has 0 unspecified atom stereocenters. The Kier molecular flexibility index (Phi) is 6.59. The van der Waals surface area contributed by atoms with E-state index in [2.05, 4.69) is 5.32 Å². The van der Waals surface area contributed by atoms with E-state index in [4.69, 9.17) is 9.47 Å². The Labute approximate surface area is 150 Å². The van der Waals surface area contributed by atoms with Crippen molar-refractivity contribution in [3.8, 4) is 0 Å². The third-order valence-corrected chi connectivity index (χ3v) is 5.02. The molecule has 1 aliphatic rings. The van der Waals surface area contributed by atoms with Gasteiger partial charge in [0.05, 0.1) is 19.1 Å². The summed E-state index contributed by atoms with van der Waals surface area (Å²) in [6, 6.07) is 6.07. The fourth-order valence-corrected chi connectivity index (χ4v) is 3.44. The molecule has 0 heterocycles. The number of amides is 1. The van der Waals surface area contributed by atoms with E-state index >= 15 is 0 Å². The Bertz CT molecular complexity index is 618. The van der Waals surface area contributed by atoms with Gasteiger partial charge in [-0.1, -0.05) is 23.8 Å². The van der Waals surface area contributed by atoms with Crippen molar-refractivity contribution in [3.63, 3.8) is 0 Å². The van der Waals surface area contributed by atoms with Crippen LogP contribution in [0.1, 0.15) is 49.3 Å². The fourth-order valence-electron chi connectivity index (χ4n) is 3.44. The second-order valence-corrected chi connectivity index (χ2v) is 6.89. The molecule has 2 rings (SSSR count).